The van der Waals surface area contributed by atoms with E-state index in [9.17, 15) is 19.4 Å². The fraction of sp³-hybridized carbons (Fsp3) is 0.700. The average Bonchev–Trinajstić information content (AvgIpc) is 3.24. The zero-order valence-corrected chi connectivity index (χ0v) is 38.8. The third-order valence-electron chi connectivity index (χ3n) is 9.60. The normalized spacial score (nSPS) is 14.7. The van der Waals surface area contributed by atoms with Gasteiger partial charge >= 0.3 is 13.8 Å². The van der Waals surface area contributed by atoms with E-state index < -0.39 is 45.8 Å². The van der Waals surface area contributed by atoms with Crippen molar-refractivity contribution in [3.63, 3.8) is 0 Å². The van der Waals surface area contributed by atoms with E-state index in [2.05, 4.69) is 98.9 Å². The van der Waals surface area contributed by atoms with Gasteiger partial charge in [-0.15, -0.1) is 0 Å². The first-order chi connectivity index (χ1) is 29.3. The van der Waals surface area contributed by atoms with Crippen LogP contribution in [0.15, 0.2) is 85.1 Å². The molecule has 0 aromatic heterocycles. The van der Waals surface area contributed by atoms with Crippen LogP contribution in [0.2, 0.25) is 0 Å². The van der Waals surface area contributed by atoms with E-state index in [1.807, 2.05) is 0 Å². The van der Waals surface area contributed by atoms with E-state index in [0.717, 1.165) is 70.6 Å². The van der Waals surface area contributed by atoms with Crippen LogP contribution >= 0.6 is 7.82 Å². The van der Waals surface area contributed by atoms with Crippen molar-refractivity contribution in [3.05, 3.63) is 85.1 Å². The van der Waals surface area contributed by atoms with Crippen molar-refractivity contribution in [2.45, 2.75) is 193 Å². The van der Waals surface area contributed by atoms with Gasteiger partial charge in [0.25, 0.3) is 0 Å². The molecule has 0 amide bonds. The number of hydrogen-bond donors (Lipinski definition) is 3. The lowest BCUT2D eigenvalue weighted by Crippen LogP contribution is -2.29. The fourth-order valence-corrected chi connectivity index (χ4v) is 6.84. The summed E-state index contributed by atoms with van der Waals surface area (Å²) in [6, 6.07) is 0. The lowest BCUT2D eigenvalue weighted by molar-refractivity contribution is -0.154. The van der Waals surface area contributed by atoms with Gasteiger partial charge in [0.1, 0.15) is 12.2 Å². The molecule has 0 aliphatic rings. The zero-order valence-electron chi connectivity index (χ0n) is 37.9. The van der Waals surface area contributed by atoms with E-state index in [-0.39, 0.29) is 13.0 Å². The number of allylic oxidation sites excluding steroid dienone is 14. The SMILES string of the molecule is CC/C=C\C/C=C\C/C=C\C/C=C\C/C=C\C/C=C\C/C=C\CCCC(=O)OC(COCCCCCCCCCCCCCCCCCC)COP(=O)(O)OCC(O)CO. The second-order valence-electron chi connectivity index (χ2n) is 15.4. The summed E-state index contributed by atoms with van der Waals surface area (Å²) in [7, 11) is -4.54. The number of aliphatic hydroxyl groups is 2. The smallest absolute Gasteiger partial charge is 0.457 e. The van der Waals surface area contributed by atoms with E-state index in [4.69, 9.17) is 23.6 Å². The molecule has 3 atom stereocenters. The Hall–Kier alpha value is -2.36. The van der Waals surface area contributed by atoms with Gasteiger partial charge < -0.3 is 24.6 Å². The molecule has 0 aliphatic carbocycles. The number of aliphatic hydroxyl groups excluding tert-OH is 2. The van der Waals surface area contributed by atoms with Crippen LogP contribution in [-0.4, -0.2) is 66.3 Å². The fourth-order valence-electron chi connectivity index (χ4n) is 6.05. The van der Waals surface area contributed by atoms with E-state index >= 15 is 0 Å². The van der Waals surface area contributed by atoms with Crippen LogP contribution < -0.4 is 0 Å². The highest BCUT2D eigenvalue weighted by Crippen LogP contribution is 2.43. The largest absolute Gasteiger partial charge is 0.472 e. The predicted molar refractivity (Wildman–Crippen MR) is 251 cm³/mol. The summed E-state index contributed by atoms with van der Waals surface area (Å²) in [6.45, 7) is 3.33. The molecule has 0 spiro atoms. The van der Waals surface area contributed by atoms with E-state index in [0.29, 0.717) is 13.0 Å². The number of ether oxygens (including phenoxy) is 2. The van der Waals surface area contributed by atoms with Gasteiger partial charge in [0.05, 0.1) is 26.4 Å². The molecule has 0 fully saturated rings. The summed E-state index contributed by atoms with van der Waals surface area (Å²) in [5.74, 6) is -0.440. The van der Waals surface area contributed by atoms with Crippen molar-refractivity contribution < 1.29 is 43.0 Å². The van der Waals surface area contributed by atoms with Gasteiger partial charge in [-0.2, -0.15) is 0 Å². The molecule has 0 heterocycles. The van der Waals surface area contributed by atoms with Crippen LogP contribution in [0, 0.1) is 0 Å². The van der Waals surface area contributed by atoms with Crippen molar-refractivity contribution >= 4 is 13.8 Å². The molecule has 0 saturated heterocycles. The standard InChI is InChI=1S/C50H87O9P/c1-3-5-7-9-11-13-15-17-19-21-22-23-24-25-26-27-28-30-32-34-36-38-40-42-50(53)59-49(47-58-60(54,55)57-45-48(52)44-51)46-56-43-41-39-37-35-33-31-29-20-18-16-14-12-10-8-6-4-2/h5,7,11,13,17,19,22-23,25-26,28,30,34,36,48-49,51-52H,3-4,6,8-10,12,14-16,18,20-21,24,27,29,31-33,35,37-47H2,1-2H3,(H,54,55)/b7-5-,13-11-,19-17-,23-22-,26-25-,30-28-,36-34-. The summed E-state index contributed by atoms with van der Waals surface area (Å²) in [5.41, 5.74) is 0. The number of hydrogen-bond acceptors (Lipinski definition) is 8. The van der Waals surface area contributed by atoms with Crippen molar-refractivity contribution in [1.29, 1.82) is 0 Å². The number of unbranched alkanes of at least 4 members (excludes halogenated alkanes) is 16. The zero-order chi connectivity index (χ0) is 43.9. The quantitative estimate of drug-likeness (QED) is 0.0237. The lowest BCUT2D eigenvalue weighted by atomic mass is 10.0. The molecular weight excluding hydrogens is 776 g/mol. The number of carbonyl (C=O) groups is 1. The molecule has 0 aromatic carbocycles. The Morgan fingerprint density at radius 1 is 0.533 bits per heavy atom. The van der Waals surface area contributed by atoms with Crippen LogP contribution in [0.4, 0.5) is 0 Å². The Labute approximate surface area is 366 Å². The molecule has 0 radical (unpaired) electrons. The number of carbonyl (C=O) groups excluding carboxylic acids is 1. The Balaban J connectivity index is 4.26. The first-order valence-corrected chi connectivity index (χ1v) is 25.1. The van der Waals surface area contributed by atoms with E-state index in [1.165, 1.54) is 83.5 Å². The molecule has 9 nitrogen and oxygen atoms in total. The Morgan fingerprint density at radius 2 is 0.933 bits per heavy atom. The Kier molecular flexibility index (Phi) is 44.3. The van der Waals surface area contributed by atoms with Crippen molar-refractivity contribution in [3.8, 4) is 0 Å². The molecule has 0 aromatic rings. The van der Waals surface area contributed by atoms with Gasteiger partial charge in [-0.25, -0.2) is 4.57 Å². The molecular formula is C50H87O9P. The highest BCUT2D eigenvalue weighted by molar-refractivity contribution is 7.47. The van der Waals surface area contributed by atoms with Gasteiger partial charge in [-0.05, 0) is 64.2 Å². The lowest BCUT2D eigenvalue weighted by Gasteiger charge is -2.20. The Bertz CT molecular complexity index is 1210. The molecule has 0 bridgehead atoms. The number of esters is 1. The summed E-state index contributed by atoms with van der Waals surface area (Å²) in [5, 5.41) is 18.4. The first-order valence-electron chi connectivity index (χ1n) is 23.6. The first kappa shape index (κ1) is 57.6. The van der Waals surface area contributed by atoms with Crippen LogP contribution in [-0.2, 0) is 27.9 Å². The maximum atomic E-state index is 12.6. The summed E-state index contributed by atoms with van der Waals surface area (Å²) < 4.78 is 33.4. The van der Waals surface area contributed by atoms with Crippen molar-refractivity contribution in [2.75, 3.05) is 33.0 Å². The van der Waals surface area contributed by atoms with Gasteiger partial charge in [-0.3, -0.25) is 13.8 Å². The molecule has 346 valence electrons. The second kappa shape index (κ2) is 46.2. The van der Waals surface area contributed by atoms with Crippen LogP contribution in [0.3, 0.4) is 0 Å². The number of phosphoric acid groups is 1. The third-order valence-corrected chi connectivity index (χ3v) is 10.5. The topological polar surface area (TPSA) is 132 Å². The van der Waals surface area contributed by atoms with Gasteiger partial charge in [-0.1, -0.05) is 195 Å². The highest BCUT2D eigenvalue weighted by atomic mass is 31.2. The maximum absolute atomic E-state index is 12.6. The minimum absolute atomic E-state index is 0.0234. The summed E-state index contributed by atoms with van der Waals surface area (Å²) in [4.78, 5) is 22.6. The third kappa shape index (κ3) is 45.2. The molecule has 60 heavy (non-hydrogen) atoms. The van der Waals surface area contributed by atoms with Crippen molar-refractivity contribution in [1.82, 2.24) is 0 Å². The minimum atomic E-state index is -4.54. The van der Waals surface area contributed by atoms with Gasteiger partial charge in [0, 0.05) is 13.0 Å². The van der Waals surface area contributed by atoms with Crippen LogP contribution in [0.1, 0.15) is 181 Å². The maximum Gasteiger partial charge on any atom is 0.472 e. The average molecular weight is 863 g/mol. The summed E-state index contributed by atoms with van der Waals surface area (Å²) >= 11 is 0. The minimum Gasteiger partial charge on any atom is -0.457 e. The molecule has 0 rings (SSSR count). The molecule has 0 aliphatic heterocycles. The molecule has 3 N–H and O–H groups in total. The van der Waals surface area contributed by atoms with E-state index in [1.54, 1.807) is 0 Å². The molecule has 0 saturated carbocycles. The van der Waals surface area contributed by atoms with Gasteiger partial charge in [0.2, 0.25) is 0 Å². The number of rotatable bonds is 44. The van der Waals surface area contributed by atoms with Crippen LogP contribution in [0.25, 0.3) is 0 Å². The van der Waals surface area contributed by atoms with Gasteiger partial charge in [0.15, 0.2) is 0 Å². The van der Waals surface area contributed by atoms with Crippen molar-refractivity contribution in [2.24, 2.45) is 0 Å². The second-order valence-corrected chi connectivity index (χ2v) is 16.9. The number of phosphoric ester groups is 1. The highest BCUT2D eigenvalue weighted by Gasteiger charge is 2.26. The molecule has 3 unspecified atom stereocenters. The summed E-state index contributed by atoms with van der Waals surface area (Å²) in [6.07, 6.45) is 56.9. The monoisotopic (exact) mass is 863 g/mol. The Morgan fingerprint density at radius 3 is 1.37 bits per heavy atom. The molecule has 10 heteroatoms. The predicted octanol–water partition coefficient (Wildman–Crippen LogP) is 13.5. The van der Waals surface area contributed by atoms with Crippen LogP contribution in [0.5, 0.6) is 0 Å².